The summed E-state index contributed by atoms with van der Waals surface area (Å²) >= 11 is 5.96. The number of carbonyl (C=O) groups is 1. The number of nitrogens with zero attached hydrogens (tertiary/aromatic N) is 1. The fourth-order valence-corrected chi connectivity index (χ4v) is 3.81. The maximum atomic E-state index is 12.4. The summed E-state index contributed by atoms with van der Waals surface area (Å²) in [6, 6.07) is 11.8. The zero-order valence-electron chi connectivity index (χ0n) is 15.3. The van der Waals surface area contributed by atoms with E-state index in [0.717, 1.165) is 0 Å². The van der Waals surface area contributed by atoms with Crippen LogP contribution in [-0.2, 0) is 19.6 Å². The van der Waals surface area contributed by atoms with Crippen LogP contribution in [0, 0.1) is 11.3 Å². The van der Waals surface area contributed by atoms with E-state index in [1.54, 1.807) is 32.0 Å². The van der Waals surface area contributed by atoms with E-state index in [0.29, 0.717) is 5.75 Å². The van der Waals surface area contributed by atoms with Crippen LogP contribution >= 0.6 is 11.6 Å². The Kier molecular flexibility index (Phi) is 7.40. The van der Waals surface area contributed by atoms with Gasteiger partial charge in [-0.25, -0.2) is 13.1 Å². The molecule has 1 unspecified atom stereocenters. The summed E-state index contributed by atoms with van der Waals surface area (Å²) in [4.78, 5) is 11.5. The van der Waals surface area contributed by atoms with E-state index in [4.69, 9.17) is 21.1 Å². The second-order valence-electron chi connectivity index (χ2n) is 5.83. The first kappa shape index (κ1) is 21.7. The number of benzene rings is 2. The Morgan fingerprint density at radius 2 is 1.93 bits per heavy atom. The summed E-state index contributed by atoms with van der Waals surface area (Å²) in [6.45, 7) is 3.49. The van der Waals surface area contributed by atoms with Crippen molar-refractivity contribution in [2.24, 2.45) is 0 Å². The Balaban J connectivity index is 2.10. The largest absolute Gasteiger partial charge is 0.466 e. The molecule has 0 bridgehead atoms. The third-order valence-corrected chi connectivity index (χ3v) is 5.50. The molecule has 28 heavy (non-hydrogen) atoms. The molecule has 0 saturated carbocycles. The van der Waals surface area contributed by atoms with Crippen LogP contribution in [-0.4, -0.2) is 27.0 Å². The smallest absolute Gasteiger partial charge is 0.307 e. The van der Waals surface area contributed by atoms with Gasteiger partial charge in [-0.15, -0.1) is 0 Å². The maximum Gasteiger partial charge on any atom is 0.307 e. The van der Waals surface area contributed by atoms with Crippen LogP contribution in [0.25, 0.3) is 0 Å². The van der Waals surface area contributed by atoms with Crippen LogP contribution in [0.5, 0.6) is 11.5 Å². The monoisotopic (exact) mass is 422 g/mol. The molecule has 0 aromatic heterocycles. The molecule has 0 aliphatic heterocycles. The molecule has 2 aromatic carbocycles. The van der Waals surface area contributed by atoms with Gasteiger partial charge in [0.15, 0.2) is 0 Å². The van der Waals surface area contributed by atoms with Gasteiger partial charge in [-0.2, -0.15) is 5.26 Å². The number of ether oxygens (including phenoxy) is 2. The molecule has 1 N–H and O–H groups in total. The molecule has 0 heterocycles. The standard InChI is InChI=1S/C19H19ClN2O5S/c1-3-26-19(23)11-13(2)22-28(24,25)15-9-7-14(8-10-15)27-18-6-4-5-17(20)16(18)12-21/h4-10,13,22H,3,11H2,1-2H3. The van der Waals surface area contributed by atoms with Crippen LogP contribution in [0.1, 0.15) is 25.8 Å². The van der Waals surface area contributed by atoms with Crippen LogP contribution in [0.15, 0.2) is 47.4 Å². The fourth-order valence-electron chi connectivity index (χ4n) is 2.36. The van der Waals surface area contributed by atoms with Crippen molar-refractivity contribution in [2.75, 3.05) is 6.61 Å². The summed E-state index contributed by atoms with van der Waals surface area (Å²) in [6.07, 6.45) is -0.0695. The highest BCUT2D eigenvalue weighted by molar-refractivity contribution is 7.89. The quantitative estimate of drug-likeness (QED) is 0.651. The Morgan fingerprint density at radius 3 is 2.54 bits per heavy atom. The zero-order chi connectivity index (χ0) is 20.7. The molecule has 0 saturated heterocycles. The van der Waals surface area contributed by atoms with Crippen molar-refractivity contribution in [1.82, 2.24) is 4.72 Å². The minimum atomic E-state index is -3.82. The van der Waals surface area contributed by atoms with Gasteiger partial charge in [0, 0.05) is 6.04 Å². The van der Waals surface area contributed by atoms with Crippen LogP contribution in [0.2, 0.25) is 5.02 Å². The number of hydrogen-bond acceptors (Lipinski definition) is 6. The van der Waals surface area contributed by atoms with Crippen LogP contribution in [0.3, 0.4) is 0 Å². The van der Waals surface area contributed by atoms with E-state index in [2.05, 4.69) is 4.72 Å². The fraction of sp³-hybridized carbons (Fsp3) is 0.263. The first-order valence-electron chi connectivity index (χ1n) is 8.41. The van der Waals surface area contributed by atoms with Crippen molar-refractivity contribution >= 4 is 27.6 Å². The Labute approximate surface area is 168 Å². The molecule has 7 nitrogen and oxygen atoms in total. The molecule has 0 aliphatic carbocycles. The van der Waals surface area contributed by atoms with E-state index in [9.17, 15) is 18.5 Å². The number of esters is 1. The third kappa shape index (κ3) is 5.70. The maximum absolute atomic E-state index is 12.4. The van der Waals surface area contributed by atoms with Gasteiger partial charge >= 0.3 is 5.97 Å². The molecule has 9 heteroatoms. The van der Waals surface area contributed by atoms with E-state index in [-0.39, 0.29) is 34.3 Å². The highest BCUT2D eigenvalue weighted by atomic mass is 35.5. The number of nitrogens with one attached hydrogen (secondary N) is 1. The van der Waals surface area contributed by atoms with Gasteiger partial charge in [-0.3, -0.25) is 4.79 Å². The van der Waals surface area contributed by atoms with Crippen molar-refractivity contribution in [3.63, 3.8) is 0 Å². The van der Waals surface area contributed by atoms with Gasteiger partial charge in [0.2, 0.25) is 10.0 Å². The summed E-state index contributed by atoms with van der Waals surface area (Å²) in [7, 11) is -3.82. The molecule has 2 rings (SSSR count). The van der Waals surface area contributed by atoms with Gasteiger partial charge in [-0.05, 0) is 50.2 Å². The first-order chi connectivity index (χ1) is 13.3. The lowest BCUT2D eigenvalue weighted by Crippen LogP contribution is -2.34. The molecule has 0 spiro atoms. The molecular formula is C19H19ClN2O5S. The van der Waals surface area contributed by atoms with Gasteiger partial charge < -0.3 is 9.47 Å². The Morgan fingerprint density at radius 1 is 1.25 bits per heavy atom. The van der Waals surface area contributed by atoms with Gasteiger partial charge in [-0.1, -0.05) is 17.7 Å². The van der Waals surface area contributed by atoms with E-state index in [1.807, 2.05) is 6.07 Å². The number of nitriles is 1. The topological polar surface area (TPSA) is 105 Å². The highest BCUT2D eigenvalue weighted by Gasteiger charge is 2.20. The number of halogens is 1. The molecule has 0 aliphatic rings. The van der Waals surface area contributed by atoms with Crippen molar-refractivity contribution in [3.8, 4) is 17.6 Å². The number of sulfonamides is 1. The molecule has 2 aromatic rings. The van der Waals surface area contributed by atoms with Crippen LogP contribution < -0.4 is 9.46 Å². The number of carbonyl (C=O) groups excluding carboxylic acids is 1. The molecule has 0 amide bonds. The molecule has 0 fully saturated rings. The summed E-state index contributed by atoms with van der Waals surface area (Å²) in [5.41, 5.74) is 0.190. The van der Waals surface area contributed by atoms with Crippen molar-refractivity contribution in [2.45, 2.75) is 31.2 Å². The van der Waals surface area contributed by atoms with Crippen molar-refractivity contribution in [1.29, 1.82) is 5.26 Å². The van der Waals surface area contributed by atoms with Crippen molar-refractivity contribution in [3.05, 3.63) is 53.1 Å². The first-order valence-corrected chi connectivity index (χ1v) is 10.3. The lowest BCUT2D eigenvalue weighted by molar-refractivity contribution is -0.143. The SMILES string of the molecule is CCOC(=O)CC(C)NS(=O)(=O)c1ccc(Oc2cccc(Cl)c2C#N)cc1. The van der Waals surface area contributed by atoms with Crippen molar-refractivity contribution < 1.29 is 22.7 Å². The molecule has 148 valence electrons. The van der Waals surface area contributed by atoms with E-state index >= 15 is 0 Å². The normalized spacial score (nSPS) is 12.1. The lowest BCUT2D eigenvalue weighted by Gasteiger charge is -2.14. The van der Waals surface area contributed by atoms with Crippen LogP contribution in [0.4, 0.5) is 0 Å². The van der Waals surface area contributed by atoms with E-state index in [1.165, 1.54) is 24.3 Å². The Hall–Kier alpha value is -2.60. The summed E-state index contributed by atoms with van der Waals surface area (Å²) in [5.74, 6) is 0.139. The van der Waals surface area contributed by atoms with Gasteiger partial charge in [0.25, 0.3) is 0 Å². The van der Waals surface area contributed by atoms with Gasteiger partial charge in [0.05, 0.1) is 22.9 Å². The second-order valence-corrected chi connectivity index (χ2v) is 7.95. The molecular weight excluding hydrogens is 404 g/mol. The average molecular weight is 423 g/mol. The number of rotatable bonds is 8. The van der Waals surface area contributed by atoms with E-state index < -0.39 is 22.0 Å². The molecule has 0 radical (unpaired) electrons. The van der Waals surface area contributed by atoms with Gasteiger partial charge in [0.1, 0.15) is 23.1 Å². The highest BCUT2D eigenvalue weighted by Crippen LogP contribution is 2.30. The Bertz CT molecular complexity index is 984. The predicted molar refractivity (Wildman–Crippen MR) is 104 cm³/mol. The second kappa shape index (κ2) is 9.55. The minimum absolute atomic E-state index is 0.0159. The zero-order valence-corrected chi connectivity index (χ0v) is 16.9. The minimum Gasteiger partial charge on any atom is -0.466 e. The average Bonchev–Trinajstić information content (AvgIpc) is 2.62. The third-order valence-electron chi connectivity index (χ3n) is 3.58. The molecule has 1 atom stereocenters. The lowest BCUT2D eigenvalue weighted by atomic mass is 10.2. The summed E-state index contributed by atoms with van der Waals surface area (Å²) < 4.78 is 37.7. The summed E-state index contributed by atoms with van der Waals surface area (Å²) in [5, 5.41) is 9.44. The predicted octanol–water partition coefficient (Wildman–Crippen LogP) is 3.62. The number of hydrogen-bond donors (Lipinski definition) is 1.